The number of fused-ring (bicyclic) bond motifs is 1. The number of hydrogen-bond acceptors (Lipinski definition) is 4. The van der Waals surface area contributed by atoms with Gasteiger partial charge in [0.15, 0.2) is 5.58 Å². The van der Waals surface area contributed by atoms with Crippen molar-refractivity contribution in [3.8, 4) is 0 Å². The molecule has 2 N–H and O–H groups in total. The molecule has 5 nitrogen and oxygen atoms in total. The van der Waals surface area contributed by atoms with E-state index in [0.717, 1.165) is 0 Å². The van der Waals surface area contributed by atoms with E-state index in [2.05, 4.69) is 4.74 Å². The summed E-state index contributed by atoms with van der Waals surface area (Å²) in [5.74, 6) is -0.482. The molecule has 2 rings (SSSR count). The summed E-state index contributed by atoms with van der Waals surface area (Å²) in [4.78, 5) is 11.4. The number of oxazole rings is 1. The van der Waals surface area contributed by atoms with Crippen molar-refractivity contribution in [2.75, 3.05) is 13.2 Å². The first-order chi connectivity index (χ1) is 9.78. The third-order valence-electron chi connectivity index (χ3n) is 3.08. The van der Waals surface area contributed by atoms with Crippen molar-refractivity contribution in [1.82, 2.24) is 4.57 Å². The predicted molar refractivity (Wildman–Crippen MR) is 69.9 cm³/mol. The second kappa shape index (κ2) is 5.90. The Morgan fingerprint density at radius 2 is 2.14 bits per heavy atom. The summed E-state index contributed by atoms with van der Waals surface area (Å²) >= 11 is 0. The van der Waals surface area contributed by atoms with Crippen molar-refractivity contribution in [2.45, 2.75) is 18.6 Å². The molecule has 0 amide bonds. The fraction of sp³-hybridized carbons (Fsp3) is 0.462. The maximum atomic E-state index is 11.9. The first-order valence-corrected chi connectivity index (χ1v) is 6.27. The Morgan fingerprint density at radius 3 is 2.81 bits per heavy atom. The second-order valence-electron chi connectivity index (χ2n) is 4.72. The van der Waals surface area contributed by atoms with E-state index in [0.29, 0.717) is 16.7 Å². The zero-order valence-electron chi connectivity index (χ0n) is 11.3. The molecular formula is C13H15F3N2O3. The largest absolute Gasteiger partial charge is 0.419 e. The van der Waals surface area contributed by atoms with E-state index in [1.807, 2.05) is 0 Å². The molecule has 2 aromatic rings. The van der Waals surface area contributed by atoms with E-state index in [1.54, 1.807) is 25.2 Å². The van der Waals surface area contributed by atoms with Crippen LogP contribution in [0.25, 0.3) is 11.1 Å². The number of alkyl halides is 3. The van der Waals surface area contributed by atoms with Crippen molar-refractivity contribution in [3.05, 3.63) is 34.3 Å². The van der Waals surface area contributed by atoms with E-state index in [4.69, 9.17) is 10.2 Å². The Bertz CT molecular complexity index is 675. The Kier molecular flexibility index (Phi) is 4.38. The van der Waals surface area contributed by atoms with Crippen LogP contribution in [0, 0.1) is 0 Å². The first-order valence-electron chi connectivity index (χ1n) is 6.27. The fourth-order valence-electron chi connectivity index (χ4n) is 1.95. The molecule has 1 unspecified atom stereocenters. The van der Waals surface area contributed by atoms with E-state index in [-0.39, 0.29) is 13.0 Å². The van der Waals surface area contributed by atoms with Gasteiger partial charge in [0, 0.05) is 19.7 Å². The standard InChI is InChI=1S/C13H15F3N2O3/c1-18-10-3-2-8(6-11(10)21-12(18)19)9(17)4-5-20-7-13(14,15)16/h2-3,6,9H,4-5,7,17H2,1H3. The number of nitrogens with two attached hydrogens (primary N) is 1. The SMILES string of the molecule is Cn1c(=O)oc2cc(C(N)CCOCC(F)(F)F)ccc21. The van der Waals surface area contributed by atoms with Crippen LogP contribution in [0.5, 0.6) is 0 Å². The van der Waals surface area contributed by atoms with E-state index >= 15 is 0 Å². The van der Waals surface area contributed by atoms with Gasteiger partial charge in [0.2, 0.25) is 0 Å². The van der Waals surface area contributed by atoms with Gasteiger partial charge < -0.3 is 14.9 Å². The molecule has 0 radical (unpaired) electrons. The summed E-state index contributed by atoms with van der Waals surface area (Å²) in [5, 5.41) is 0. The minimum absolute atomic E-state index is 0.0998. The highest BCUT2D eigenvalue weighted by Crippen LogP contribution is 2.21. The smallest absolute Gasteiger partial charge is 0.408 e. The lowest BCUT2D eigenvalue weighted by Gasteiger charge is -2.13. The Hall–Kier alpha value is -1.80. The highest BCUT2D eigenvalue weighted by molar-refractivity contribution is 5.73. The van der Waals surface area contributed by atoms with Crippen molar-refractivity contribution in [1.29, 1.82) is 0 Å². The average molecular weight is 304 g/mol. The average Bonchev–Trinajstić information content (AvgIpc) is 2.68. The van der Waals surface area contributed by atoms with Crippen LogP contribution < -0.4 is 11.5 Å². The number of benzene rings is 1. The lowest BCUT2D eigenvalue weighted by Crippen LogP contribution is -2.19. The van der Waals surface area contributed by atoms with Gasteiger partial charge in [-0.25, -0.2) is 4.79 Å². The molecule has 0 saturated heterocycles. The molecule has 0 saturated carbocycles. The number of hydrogen-bond donors (Lipinski definition) is 1. The molecule has 1 atom stereocenters. The third kappa shape index (κ3) is 3.85. The maximum absolute atomic E-state index is 11.9. The number of rotatable bonds is 5. The van der Waals surface area contributed by atoms with Crippen LogP contribution in [0.4, 0.5) is 13.2 Å². The van der Waals surface area contributed by atoms with Crippen molar-refractivity contribution in [3.63, 3.8) is 0 Å². The van der Waals surface area contributed by atoms with Gasteiger partial charge in [-0.2, -0.15) is 13.2 Å². The molecule has 1 aromatic heterocycles. The van der Waals surface area contributed by atoms with Gasteiger partial charge in [0.25, 0.3) is 0 Å². The predicted octanol–water partition coefficient (Wildman–Crippen LogP) is 2.10. The molecule has 0 aliphatic carbocycles. The number of halogens is 3. The first kappa shape index (κ1) is 15.6. The summed E-state index contributed by atoms with van der Waals surface area (Å²) in [6.45, 7) is -1.39. The van der Waals surface area contributed by atoms with Crippen LogP contribution in [0.2, 0.25) is 0 Å². The van der Waals surface area contributed by atoms with Crippen LogP contribution in [0.3, 0.4) is 0 Å². The number of aromatic nitrogens is 1. The highest BCUT2D eigenvalue weighted by Gasteiger charge is 2.27. The van der Waals surface area contributed by atoms with Crippen LogP contribution in [0.1, 0.15) is 18.0 Å². The van der Waals surface area contributed by atoms with Crippen molar-refractivity contribution in [2.24, 2.45) is 12.8 Å². The monoisotopic (exact) mass is 304 g/mol. The minimum atomic E-state index is -4.34. The van der Waals surface area contributed by atoms with Gasteiger partial charge in [0.05, 0.1) is 5.52 Å². The second-order valence-corrected chi connectivity index (χ2v) is 4.72. The zero-order chi connectivity index (χ0) is 15.6. The van der Waals surface area contributed by atoms with E-state index in [9.17, 15) is 18.0 Å². The van der Waals surface area contributed by atoms with Gasteiger partial charge in [-0.05, 0) is 24.1 Å². The van der Waals surface area contributed by atoms with Crippen LogP contribution in [-0.4, -0.2) is 24.0 Å². The molecule has 0 spiro atoms. The zero-order valence-corrected chi connectivity index (χ0v) is 11.3. The quantitative estimate of drug-likeness (QED) is 0.859. The number of ether oxygens (including phenoxy) is 1. The van der Waals surface area contributed by atoms with Gasteiger partial charge in [0.1, 0.15) is 6.61 Å². The summed E-state index contributed by atoms with van der Waals surface area (Å²) in [5.41, 5.74) is 7.59. The van der Waals surface area contributed by atoms with E-state index in [1.165, 1.54) is 4.57 Å². The molecule has 8 heteroatoms. The number of nitrogens with zero attached hydrogens (tertiary/aromatic N) is 1. The Morgan fingerprint density at radius 1 is 1.43 bits per heavy atom. The lowest BCUT2D eigenvalue weighted by atomic mass is 10.0. The normalized spacial score (nSPS) is 13.8. The molecule has 21 heavy (non-hydrogen) atoms. The van der Waals surface area contributed by atoms with Gasteiger partial charge >= 0.3 is 11.9 Å². The molecule has 0 bridgehead atoms. The maximum Gasteiger partial charge on any atom is 0.419 e. The van der Waals surface area contributed by atoms with Gasteiger partial charge in [-0.1, -0.05) is 6.07 Å². The highest BCUT2D eigenvalue weighted by atomic mass is 19.4. The van der Waals surface area contributed by atoms with Crippen molar-refractivity contribution >= 4 is 11.1 Å². The van der Waals surface area contributed by atoms with Crippen LogP contribution >= 0.6 is 0 Å². The van der Waals surface area contributed by atoms with Crippen LogP contribution in [-0.2, 0) is 11.8 Å². The molecule has 116 valence electrons. The minimum Gasteiger partial charge on any atom is -0.408 e. The number of aryl methyl sites for hydroxylation is 1. The molecule has 0 fully saturated rings. The summed E-state index contributed by atoms with van der Waals surface area (Å²) in [7, 11) is 1.58. The van der Waals surface area contributed by atoms with E-state index < -0.39 is 24.6 Å². The fourth-order valence-corrected chi connectivity index (χ4v) is 1.95. The Labute approximate surface area is 118 Å². The summed E-state index contributed by atoms with van der Waals surface area (Å²) in [6, 6.07) is 4.52. The molecule has 1 heterocycles. The van der Waals surface area contributed by atoms with Crippen molar-refractivity contribution < 1.29 is 22.3 Å². The molecule has 0 aliphatic heterocycles. The van der Waals surface area contributed by atoms with Crippen LogP contribution in [0.15, 0.2) is 27.4 Å². The summed E-state index contributed by atoms with van der Waals surface area (Å²) < 4.78 is 46.7. The molecule has 1 aromatic carbocycles. The summed E-state index contributed by atoms with van der Waals surface area (Å²) in [6.07, 6.45) is -4.10. The Balaban J connectivity index is 1.99. The topological polar surface area (TPSA) is 70.4 Å². The lowest BCUT2D eigenvalue weighted by molar-refractivity contribution is -0.174. The third-order valence-corrected chi connectivity index (χ3v) is 3.08. The molecular weight excluding hydrogens is 289 g/mol. The van der Waals surface area contributed by atoms with Gasteiger partial charge in [-0.3, -0.25) is 4.57 Å². The molecule has 0 aliphatic rings. The van der Waals surface area contributed by atoms with Gasteiger partial charge in [-0.15, -0.1) is 0 Å².